The third-order valence-electron chi connectivity index (χ3n) is 5.74. The monoisotopic (exact) mass is 438 g/mol. The molecule has 2 fully saturated rings. The number of ether oxygens (including phenoxy) is 1. The standard InChI is InChI=1S/C19H23Cl2F3N2O2/c1-26(18(27)28-13-5-3-12(4-6-13)19(22,23)24)17-10-25-9-14(17)11-2-7-15(20)16(21)8-11/h2,7-8,12-14,17,25H,3-6,9-10H2,1H3/t12?,13?,14-,17+/m0/s1. The van der Waals surface area contributed by atoms with Crippen LogP contribution >= 0.6 is 23.2 Å². The molecule has 1 aromatic carbocycles. The fourth-order valence-electron chi connectivity index (χ4n) is 4.02. The number of rotatable bonds is 3. The predicted octanol–water partition coefficient (Wildman–Crippen LogP) is 5.24. The highest BCUT2D eigenvalue weighted by molar-refractivity contribution is 6.42. The second-order valence-corrected chi connectivity index (χ2v) is 8.33. The lowest BCUT2D eigenvalue weighted by atomic mass is 9.87. The molecule has 156 valence electrons. The second kappa shape index (κ2) is 8.67. The first-order chi connectivity index (χ1) is 13.2. The second-order valence-electron chi connectivity index (χ2n) is 7.52. The van der Waals surface area contributed by atoms with Gasteiger partial charge >= 0.3 is 12.3 Å². The number of carbonyl (C=O) groups excluding carboxylic acids is 1. The highest BCUT2D eigenvalue weighted by Gasteiger charge is 2.42. The van der Waals surface area contributed by atoms with Crippen LogP contribution in [-0.4, -0.2) is 49.5 Å². The minimum absolute atomic E-state index is 0.00203. The summed E-state index contributed by atoms with van der Waals surface area (Å²) < 4.78 is 43.8. The average Bonchev–Trinajstić information content (AvgIpc) is 3.12. The topological polar surface area (TPSA) is 41.6 Å². The van der Waals surface area contributed by atoms with E-state index < -0.39 is 24.3 Å². The normalized spacial score (nSPS) is 28.2. The molecule has 1 amide bonds. The van der Waals surface area contributed by atoms with Crippen molar-refractivity contribution >= 4 is 29.3 Å². The Kier molecular flexibility index (Phi) is 6.67. The Morgan fingerprint density at radius 1 is 1.14 bits per heavy atom. The van der Waals surface area contributed by atoms with Crippen LogP contribution in [0.1, 0.15) is 37.2 Å². The minimum atomic E-state index is -4.17. The van der Waals surface area contributed by atoms with Crippen LogP contribution in [-0.2, 0) is 4.74 Å². The number of nitrogens with one attached hydrogen (secondary N) is 1. The molecule has 1 heterocycles. The molecule has 9 heteroatoms. The predicted molar refractivity (Wildman–Crippen MR) is 102 cm³/mol. The molecule has 1 saturated carbocycles. The third-order valence-corrected chi connectivity index (χ3v) is 6.48. The first-order valence-electron chi connectivity index (χ1n) is 9.32. The Bertz CT molecular complexity index is 709. The van der Waals surface area contributed by atoms with E-state index in [9.17, 15) is 18.0 Å². The minimum Gasteiger partial charge on any atom is -0.446 e. The van der Waals surface area contributed by atoms with Crippen LogP contribution in [0.3, 0.4) is 0 Å². The van der Waals surface area contributed by atoms with Crippen molar-refractivity contribution in [2.75, 3.05) is 20.1 Å². The van der Waals surface area contributed by atoms with Gasteiger partial charge < -0.3 is 15.0 Å². The van der Waals surface area contributed by atoms with E-state index in [1.54, 1.807) is 19.2 Å². The van der Waals surface area contributed by atoms with E-state index in [0.717, 1.165) is 5.56 Å². The quantitative estimate of drug-likeness (QED) is 0.701. The SMILES string of the molecule is CN(C(=O)OC1CCC(C(F)(F)F)CC1)[C@@H]1CNC[C@H]1c1ccc(Cl)c(Cl)c1. The van der Waals surface area contributed by atoms with Crippen LogP contribution in [0.2, 0.25) is 10.0 Å². The van der Waals surface area contributed by atoms with Crippen molar-refractivity contribution < 1.29 is 22.7 Å². The summed E-state index contributed by atoms with van der Waals surface area (Å²) in [5.74, 6) is -1.27. The summed E-state index contributed by atoms with van der Waals surface area (Å²) in [6, 6.07) is 5.27. The smallest absolute Gasteiger partial charge is 0.410 e. The Labute approximate surface area is 172 Å². The highest BCUT2D eigenvalue weighted by atomic mass is 35.5. The van der Waals surface area contributed by atoms with E-state index in [0.29, 0.717) is 23.1 Å². The molecule has 28 heavy (non-hydrogen) atoms. The Morgan fingerprint density at radius 2 is 1.82 bits per heavy atom. The summed E-state index contributed by atoms with van der Waals surface area (Å²) in [5.41, 5.74) is 0.967. The van der Waals surface area contributed by atoms with E-state index in [1.807, 2.05) is 6.07 Å². The number of alkyl halides is 3. The summed E-state index contributed by atoms with van der Waals surface area (Å²) in [6.45, 7) is 1.27. The highest BCUT2D eigenvalue weighted by Crippen LogP contribution is 2.38. The molecule has 1 aliphatic carbocycles. The molecule has 0 aromatic heterocycles. The van der Waals surface area contributed by atoms with Crippen LogP contribution in [0.4, 0.5) is 18.0 Å². The van der Waals surface area contributed by atoms with Gasteiger partial charge in [0.25, 0.3) is 0 Å². The Morgan fingerprint density at radius 3 is 2.43 bits per heavy atom. The van der Waals surface area contributed by atoms with E-state index in [-0.39, 0.29) is 37.6 Å². The average molecular weight is 439 g/mol. The molecule has 0 bridgehead atoms. The van der Waals surface area contributed by atoms with E-state index >= 15 is 0 Å². The van der Waals surface area contributed by atoms with Crippen LogP contribution in [0.15, 0.2) is 18.2 Å². The molecule has 1 aromatic rings. The number of nitrogens with zero attached hydrogens (tertiary/aromatic N) is 1. The summed E-state index contributed by atoms with van der Waals surface area (Å²) in [5, 5.41) is 4.19. The summed E-state index contributed by atoms with van der Waals surface area (Å²) in [7, 11) is 1.66. The van der Waals surface area contributed by atoms with Crippen LogP contribution in [0.5, 0.6) is 0 Å². The summed E-state index contributed by atoms with van der Waals surface area (Å²) >= 11 is 12.1. The molecule has 0 radical (unpaired) electrons. The van der Waals surface area contributed by atoms with Gasteiger partial charge in [-0.1, -0.05) is 29.3 Å². The Hall–Kier alpha value is -1.18. The van der Waals surface area contributed by atoms with Gasteiger partial charge in [-0.25, -0.2) is 4.79 Å². The van der Waals surface area contributed by atoms with Crippen LogP contribution in [0.25, 0.3) is 0 Å². The van der Waals surface area contributed by atoms with Crippen molar-refractivity contribution in [1.82, 2.24) is 10.2 Å². The number of hydrogen-bond donors (Lipinski definition) is 1. The van der Waals surface area contributed by atoms with Gasteiger partial charge in [-0.3, -0.25) is 0 Å². The Balaban J connectivity index is 1.59. The fraction of sp³-hybridized carbons (Fsp3) is 0.632. The van der Waals surface area contributed by atoms with Crippen molar-refractivity contribution in [3.63, 3.8) is 0 Å². The molecular formula is C19H23Cl2F3N2O2. The maximum absolute atomic E-state index is 12.8. The zero-order valence-corrected chi connectivity index (χ0v) is 16.9. The van der Waals surface area contributed by atoms with Crippen molar-refractivity contribution in [2.24, 2.45) is 5.92 Å². The largest absolute Gasteiger partial charge is 0.446 e. The van der Waals surface area contributed by atoms with Crippen molar-refractivity contribution in [3.05, 3.63) is 33.8 Å². The summed E-state index contributed by atoms with van der Waals surface area (Å²) in [6.07, 6.45) is -4.66. The van der Waals surface area contributed by atoms with Gasteiger partial charge in [0.15, 0.2) is 0 Å². The van der Waals surface area contributed by atoms with Crippen molar-refractivity contribution in [1.29, 1.82) is 0 Å². The number of carbonyl (C=O) groups is 1. The molecule has 3 rings (SSSR count). The lowest BCUT2D eigenvalue weighted by Crippen LogP contribution is -2.43. The van der Waals surface area contributed by atoms with Gasteiger partial charge in [-0.15, -0.1) is 0 Å². The molecule has 1 N–H and O–H groups in total. The first-order valence-corrected chi connectivity index (χ1v) is 10.1. The molecule has 2 atom stereocenters. The number of hydrogen-bond acceptors (Lipinski definition) is 3. The molecule has 4 nitrogen and oxygen atoms in total. The van der Waals surface area contributed by atoms with Gasteiger partial charge in [-0.2, -0.15) is 13.2 Å². The zero-order valence-electron chi connectivity index (χ0n) is 15.4. The van der Waals surface area contributed by atoms with E-state index in [1.165, 1.54) is 4.90 Å². The molecule has 0 spiro atoms. The lowest BCUT2D eigenvalue weighted by molar-refractivity contribution is -0.186. The molecule has 2 aliphatic rings. The van der Waals surface area contributed by atoms with Crippen LogP contribution < -0.4 is 5.32 Å². The number of amides is 1. The van der Waals surface area contributed by atoms with Crippen molar-refractivity contribution in [2.45, 2.75) is 49.9 Å². The van der Waals surface area contributed by atoms with Gasteiger partial charge in [0.1, 0.15) is 6.10 Å². The zero-order chi connectivity index (χ0) is 20.5. The number of benzene rings is 1. The van der Waals surface area contributed by atoms with Crippen LogP contribution in [0, 0.1) is 5.92 Å². The maximum Gasteiger partial charge on any atom is 0.410 e. The number of likely N-dealkylation sites (N-methyl/N-ethyl adjacent to an activating group) is 1. The van der Waals surface area contributed by atoms with Gasteiger partial charge in [-0.05, 0) is 43.4 Å². The third kappa shape index (κ3) is 4.86. The lowest BCUT2D eigenvalue weighted by Gasteiger charge is -2.33. The molecule has 1 saturated heterocycles. The van der Waals surface area contributed by atoms with Gasteiger partial charge in [0, 0.05) is 26.1 Å². The maximum atomic E-state index is 12.8. The molecule has 0 unspecified atom stereocenters. The van der Waals surface area contributed by atoms with Gasteiger partial charge in [0.2, 0.25) is 0 Å². The fourth-order valence-corrected chi connectivity index (χ4v) is 4.33. The summed E-state index contributed by atoms with van der Waals surface area (Å²) in [4.78, 5) is 14.1. The molecule has 1 aliphatic heterocycles. The molecular weight excluding hydrogens is 416 g/mol. The van der Waals surface area contributed by atoms with Crippen molar-refractivity contribution in [3.8, 4) is 0 Å². The van der Waals surface area contributed by atoms with E-state index in [4.69, 9.17) is 27.9 Å². The van der Waals surface area contributed by atoms with E-state index in [2.05, 4.69) is 5.32 Å². The number of halogens is 5. The van der Waals surface area contributed by atoms with Gasteiger partial charge in [0.05, 0.1) is 22.0 Å². The first kappa shape index (κ1) is 21.5.